The van der Waals surface area contributed by atoms with Crippen molar-refractivity contribution in [1.82, 2.24) is 10.6 Å². The fourth-order valence-electron chi connectivity index (χ4n) is 3.98. The number of alkyl carbamates (subject to hydrolysis) is 1. The van der Waals surface area contributed by atoms with Gasteiger partial charge in [0.2, 0.25) is 0 Å². The molecule has 1 amide bonds. The van der Waals surface area contributed by atoms with Gasteiger partial charge in [0.25, 0.3) is 0 Å². The molecule has 0 saturated carbocycles. The second-order valence-corrected chi connectivity index (χ2v) is 9.03. The highest BCUT2D eigenvalue weighted by Crippen LogP contribution is 2.44. The monoisotopic (exact) mass is 424 g/mol. The summed E-state index contributed by atoms with van der Waals surface area (Å²) in [4.78, 5) is 23.9. The maximum atomic E-state index is 12.3. The molecule has 0 heterocycles. The predicted octanol–water partition coefficient (Wildman–Crippen LogP) is 4.54. The van der Waals surface area contributed by atoms with Gasteiger partial charge >= 0.3 is 12.1 Å². The van der Waals surface area contributed by atoms with Gasteiger partial charge in [-0.05, 0) is 68.8 Å². The smallest absolute Gasteiger partial charge is 0.407 e. The summed E-state index contributed by atoms with van der Waals surface area (Å²) in [6.45, 7) is 7.24. The topological polar surface area (TPSA) is 87.7 Å². The first-order valence-corrected chi connectivity index (χ1v) is 10.9. The summed E-state index contributed by atoms with van der Waals surface area (Å²) in [6.07, 6.45) is 1.21. The molecule has 166 valence electrons. The number of carboxylic acids is 1. The van der Waals surface area contributed by atoms with Crippen molar-refractivity contribution in [1.29, 1.82) is 0 Å². The Balaban J connectivity index is 1.52. The van der Waals surface area contributed by atoms with Crippen molar-refractivity contribution in [3.8, 4) is 11.1 Å². The van der Waals surface area contributed by atoms with Gasteiger partial charge in [0.15, 0.2) is 0 Å². The zero-order valence-corrected chi connectivity index (χ0v) is 18.5. The van der Waals surface area contributed by atoms with Gasteiger partial charge in [-0.25, -0.2) is 9.59 Å². The molecule has 0 radical (unpaired) electrons. The molecule has 0 aromatic heterocycles. The third-order valence-corrected chi connectivity index (χ3v) is 5.51. The average molecular weight is 425 g/mol. The average Bonchev–Trinajstić information content (AvgIpc) is 3.04. The summed E-state index contributed by atoms with van der Waals surface area (Å²) in [5.74, 6) is -1.10. The Hall–Kier alpha value is -2.86. The number of hydrogen-bond acceptors (Lipinski definition) is 4. The Labute approximate surface area is 184 Å². The molecular formula is C25H32N2O4. The number of hydrogen-bond donors (Lipinski definition) is 3. The highest BCUT2D eigenvalue weighted by Gasteiger charge is 2.29. The van der Waals surface area contributed by atoms with Gasteiger partial charge in [-0.3, -0.25) is 0 Å². The van der Waals surface area contributed by atoms with E-state index in [9.17, 15) is 14.7 Å². The lowest BCUT2D eigenvalue weighted by molar-refractivity contribution is -0.139. The largest absolute Gasteiger partial charge is 0.480 e. The van der Waals surface area contributed by atoms with Crippen molar-refractivity contribution in [2.24, 2.45) is 0 Å². The van der Waals surface area contributed by atoms with E-state index in [2.05, 4.69) is 43.5 Å². The van der Waals surface area contributed by atoms with Crippen molar-refractivity contribution in [3.05, 3.63) is 59.7 Å². The number of fused-ring (bicyclic) bond motifs is 3. The number of nitrogens with one attached hydrogen (secondary N) is 2. The van der Waals surface area contributed by atoms with E-state index in [1.807, 2.05) is 36.4 Å². The van der Waals surface area contributed by atoms with Crippen molar-refractivity contribution in [2.45, 2.75) is 57.5 Å². The maximum absolute atomic E-state index is 12.3. The fourth-order valence-corrected chi connectivity index (χ4v) is 3.98. The van der Waals surface area contributed by atoms with Crippen LogP contribution in [0.1, 0.15) is 57.1 Å². The van der Waals surface area contributed by atoms with E-state index in [0.29, 0.717) is 12.8 Å². The Morgan fingerprint density at radius 2 is 1.58 bits per heavy atom. The van der Waals surface area contributed by atoms with Crippen LogP contribution in [0.5, 0.6) is 0 Å². The van der Waals surface area contributed by atoms with Crippen LogP contribution >= 0.6 is 0 Å². The van der Waals surface area contributed by atoms with Crippen LogP contribution in [-0.4, -0.2) is 41.9 Å². The predicted molar refractivity (Wildman–Crippen MR) is 121 cm³/mol. The molecule has 0 bridgehead atoms. The highest BCUT2D eigenvalue weighted by atomic mass is 16.5. The van der Waals surface area contributed by atoms with Crippen LogP contribution in [0.4, 0.5) is 4.79 Å². The summed E-state index contributed by atoms with van der Waals surface area (Å²) in [7, 11) is 0. The van der Waals surface area contributed by atoms with Gasteiger partial charge in [0.05, 0.1) is 0 Å². The number of amides is 1. The van der Waals surface area contributed by atoms with Crippen LogP contribution < -0.4 is 10.6 Å². The van der Waals surface area contributed by atoms with Gasteiger partial charge in [-0.2, -0.15) is 0 Å². The maximum Gasteiger partial charge on any atom is 0.407 e. The number of carboxylic acid groups (broad SMARTS) is 1. The minimum Gasteiger partial charge on any atom is -0.480 e. The summed E-state index contributed by atoms with van der Waals surface area (Å²) in [6, 6.07) is 15.2. The van der Waals surface area contributed by atoms with Crippen LogP contribution in [0.2, 0.25) is 0 Å². The molecule has 1 unspecified atom stereocenters. The molecule has 0 saturated heterocycles. The summed E-state index contributed by atoms with van der Waals surface area (Å²) >= 11 is 0. The number of carbonyl (C=O) groups is 2. The van der Waals surface area contributed by atoms with E-state index in [0.717, 1.165) is 35.2 Å². The number of rotatable bonds is 9. The number of carbonyl (C=O) groups excluding carboxylic acids is 1. The second kappa shape index (κ2) is 9.96. The molecule has 31 heavy (non-hydrogen) atoms. The summed E-state index contributed by atoms with van der Waals surface area (Å²) in [5, 5.41) is 15.4. The molecule has 1 atom stereocenters. The van der Waals surface area contributed by atoms with Gasteiger partial charge in [-0.15, -0.1) is 0 Å². The molecule has 2 aromatic carbocycles. The fraction of sp³-hybridized carbons (Fsp3) is 0.440. The van der Waals surface area contributed by atoms with Crippen LogP contribution in [-0.2, 0) is 9.53 Å². The lowest BCUT2D eigenvalue weighted by atomic mass is 9.98. The quantitative estimate of drug-likeness (QED) is 0.515. The molecule has 6 nitrogen and oxygen atoms in total. The minimum atomic E-state index is -1.04. The van der Waals surface area contributed by atoms with Crippen molar-refractivity contribution < 1.29 is 19.4 Å². The Morgan fingerprint density at radius 3 is 2.13 bits per heavy atom. The van der Waals surface area contributed by atoms with Crippen LogP contribution in [0.3, 0.4) is 0 Å². The van der Waals surface area contributed by atoms with Crippen molar-refractivity contribution in [2.75, 3.05) is 13.2 Å². The van der Waals surface area contributed by atoms with Gasteiger partial charge in [-0.1, -0.05) is 48.5 Å². The van der Waals surface area contributed by atoms with Crippen molar-refractivity contribution >= 4 is 12.1 Å². The molecular weight excluding hydrogens is 392 g/mol. The number of aliphatic carboxylic acids is 1. The van der Waals surface area contributed by atoms with Crippen LogP contribution in [0.25, 0.3) is 11.1 Å². The molecule has 0 fully saturated rings. The summed E-state index contributed by atoms with van der Waals surface area (Å²) in [5.41, 5.74) is 4.58. The SMILES string of the molecule is CC(C)(C)NCCCCC(NC(=O)OCC1c2ccccc2-c2ccccc21)C(=O)O. The van der Waals surface area contributed by atoms with Crippen LogP contribution in [0.15, 0.2) is 48.5 Å². The standard InChI is InChI=1S/C25H32N2O4/c1-25(2,3)26-15-9-8-14-22(23(28)29)27-24(30)31-16-21-19-12-6-4-10-17(19)18-11-5-7-13-20(18)21/h4-7,10-13,21-22,26H,8-9,14-16H2,1-3H3,(H,27,30)(H,28,29). The molecule has 1 aliphatic rings. The molecule has 1 aliphatic carbocycles. The van der Waals surface area contributed by atoms with Gasteiger partial charge in [0.1, 0.15) is 12.6 Å². The molecule has 3 N–H and O–H groups in total. The lowest BCUT2D eigenvalue weighted by Gasteiger charge is -2.21. The van der Waals surface area contributed by atoms with E-state index in [1.165, 1.54) is 0 Å². The Kier molecular flexibility index (Phi) is 7.33. The van der Waals surface area contributed by atoms with E-state index in [-0.39, 0.29) is 18.1 Å². The first-order chi connectivity index (χ1) is 14.8. The van der Waals surface area contributed by atoms with Gasteiger partial charge in [0, 0.05) is 11.5 Å². The number of benzene rings is 2. The Bertz CT molecular complexity index is 874. The summed E-state index contributed by atoms with van der Waals surface area (Å²) < 4.78 is 5.47. The zero-order valence-electron chi connectivity index (χ0n) is 18.5. The van der Waals surface area contributed by atoms with Crippen molar-refractivity contribution in [3.63, 3.8) is 0 Å². The van der Waals surface area contributed by atoms with E-state index >= 15 is 0 Å². The Morgan fingerprint density at radius 1 is 1.00 bits per heavy atom. The molecule has 0 spiro atoms. The first-order valence-electron chi connectivity index (χ1n) is 10.9. The van der Waals surface area contributed by atoms with E-state index < -0.39 is 18.1 Å². The third kappa shape index (κ3) is 6.07. The van der Waals surface area contributed by atoms with Gasteiger partial charge < -0.3 is 20.5 Å². The molecule has 2 aromatic rings. The molecule has 6 heteroatoms. The third-order valence-electron chi connectivity index (χ3n) is 5.51. The number of ether oxygens (including phenoxy) is 1. The second-order valence-electron chi connectivity index (χ2n) is 9.03. The highest BCUT2D eigenvalue weighted by molar-refractivity contribution is 5.81. The lowest BCUT2D eigenvalue weighted by Crippen LogP contribution is -2.41. The molecule has 3 rings (SSSR count). The van der Waals surface area contributed by atoms with E-state index in [4.69, 9.17) is 4.74 Å². The zero-order chi connectivity index (χ0) is 22.4. The molecule has 0 aliphatic heterocycles. The van der Waals surface area contributed by atoms with Crippen LogP contribution in [0, 0.1) is 0 Å². The normalized spacial score (nSPS) is 13.9. The minimum absolute atomic E-state index is 0.0335. The number of unbranched alkanes of at least 4 members (excludes halogenated alkanes) is 1. The first kappa shape index (κ1) is 22.8. The van der Waals surface area contributed by atoms with E-state index in [1.54, 1.807) is 0 Å².